The van der Waals surface area contributed by atoms with Gasteiger partial charge in [0.1, 0.15) is 5.82 Å². The predicted octanol–water partition coefficient (Wildman–Crippen LogP) is 4.76. The highest BCUT2D eigenvalue weighted by atomic mass is 16.1. The van der Waals surface area contributed by atoms with Crippen LogP contribution >= 0.6 is 0 Å². The second-order valence-electron chi connectivity index (χ2n) is 7.69. The van der Waals surface area contributed by atoms with E-state index in [0.717, 1.165) is 35.4 Å². The number of aryl methyl sites for hydroxylation is 2. The molecule has 0 unspecified atom stereocenters. The number of nitrogens with zero attached hydrogens (tertiary/aromatic N) is 5. The van der Waals surface area contributed by atoms with Crippen molar-refractivity contribution in [2.45, 2.75) is 59.2 Å². The predicted molar refractivity (Wildman–Crippen MR) is 120 cm³/mol. The molecule has 0 bridgehead atoms. The maximum Gasteiger partial charge on any atom is 0.329 e. The number of benzene rings is 1. The van der Waals surface area contributed by atoms with Crippen LogP contribution in [0.15, 0.2) is 59.5 Å². The van der Waals surface area contributed by atoms with Gasteiger partial charge in [-0.25, -0.2) is 9.78 Å². The lowest BCUT2D eigenvalue weighted by Gasteiger charge is -2.15. The van der Waals surface area contributed by atoms with Crippen LogP contribution in [0.2, 0.25) is 0 Å². The van der Waals surface area contributed by atoms with Crippen molar-refractivity contribution in [1.29, 1.82) is 5.26 Å². The number of aromatic nitrogens is 4. The Balaban J connectivity index is 2.12. The van der Waals surface area contributed by atoms with Crippen LogP contribution in [0, 0.1) is 18.3 Å². The second kappa shape index (κ2) is 9.93. The monoisotopic (exact) mass is 403 g/mol. The average molecular weight is 404 g/mol. The quantitative estimate of drug-likeness (QED) is 0.534. The minimum absolute atomic E-state index is 0.0387. The zero-order valence-electron chi connectivity index (χ0n) is 18.0. The molecule has 0 amide bonds. The maximum atomic E-state index is 13.3. The topological polar surface area (TPSA) is 68.5 Å². The molecule has 2 heterocycles. The van der Waals surface area contributed by atoms with Gasteiger partial charge in [-0.2, -0.15) is 5.26 Å². The smallest absolute Gasteiger partial charge is 0.329 e. The number of rotatable bonds is 7. The largest absolute Gasteiger partial charge is 0.332 e. The molecule has 0 radical (unpaired) electrons. The van der Waals surface area contributed by atoms with Crippen LogP contribution in [0.5, 0.6) is 0 Å². The SMILES string of the molecule is Cc1cccccn(C(C)C)c(Cn2c(=O)n(CCCCC#N)c3ccccc32)n1. The molecule has 0 aliphatic heterocycles. The third-order valence-corrected chi connectivity index (χ3v) is 5.11. The first-order chi connectivity index (χ1) is 14.5. The van der Waals surface area contributed by atoms with Gasteiger partial charge in [0.25, 0.3) is 0 Å². The number of nitriles is 1. The van der Waals surface area contributed by atoms with Crippen molar-refractivity contribution in [3.05, 3.63) is 76.7 Å². The van der Waals surface area contributed by atoms with Crippen LogP contribution in [-0.2, 0) is 13.1 Å². The highest BCUT2D eigenvalue weighted by Crippen LogP contribution is 2.16. The molecular weight excluding hydrogens is 374 g/mol. The lowest BCUT2D eigenvalue weighted by molar-refractivity contribution is 0.531. The van der Waals surface area contributed by atoms with Crippen LogP contribution in [-0.4, -0.2) is 18.7 Å². The number of fused-ring (bicyclic) bond motifs is 1. The Morgan fingerprint density at radius 3 is 2.40 bits per heavy atom. The molecule has 6 nitrogen and oxygen atoms in total. The van der Waals surface area contributed by atoms with Gasteiger partial charge in [-0.3, -0.25) is 9.13 Å². The van der Waals surface area contributed by atoms with Crippen molar-refractivity contribution in [1.82, 2.24) is 18.7 Å². The van der Waals surface area contributed by atoms with Crippen molar-refractivity contribution in [3.8, 4) is 6.07 Å². The Morgan fingerprint density at radius 2 is 1.70 bits per heavy atom. The summed E-state index contributed by atoms with van der Waals surface area (Å²) in [7, 11) is 0. The molecule has 0 N–H and O–H groups in total. The van der Waals surface area contributed by atoms with Crippen LogP contribution in [0.25, 0.3) is 11.0 Å². The van der Waals surface area contributed by atoms with E-state index in [1.807, 2.05) is 66.2 Å². The summed E-state index contributed by atoms with van der Waals surface area (Å²) in [5, 5.41) is 8.78. The fourth-order valence-electron chi connectivity index (χ4n) is 3.63. The molecule has 6 heteroatoms. The van der Waals surface area contributed by atoms with E-state index in [1.54, 1.807) is 4.57 Å². The summed E-state index contributed by atoms with van der Waals surface area (Å²) in [6.07, 6.45) is 4.12. The first-order valence-electron chi connectivity index (χ1n) is 10.5. The molecule has 0 fully saturated rings. The fourth-order valence-corrected chi connectivity index (χ4v) is 3.63. The first kappa shape index (κ1) is 21.4. The van der Waals surface area contributed by atoms with Crippen molar-refractivity contribution in [3.63, 3.8) is 0 Å². The van der Waals surface area contributed by atoms with Gasteiger partial charge in [-0.1, -0.05) is 24.3 Å². The van der Waals surface area contributed by atoms with Crippen molar-refractivity contribution >= 4 is 11.0 Å². The van der Waals surface area contributed by atoms with Gasteiger partial charge in [0, 0.05) is 30.9 Å². The number of hydrogen-bond donors (Lipinski definition) is 0. The average Bonchev–Trinajstić information content (AvgIpc) is 3.03. The van der Waals surface area contributed by atoms with E-state index < -0.39 is 0 Å². The van der Waals surface area contributed by atoms with Gasteiger partial charge < -0.3 is 4.57 Å². The van der Waals surface area contributed by atoms with Crippen molar-refractivity contribution in [2.24, 2.45) is 0 Å². The Labute approximate surface area is 177 Å². The zero-order chi connectivity index (χ0) is 21.5. The lowest BCUT2D eigenvalue weighted by atomic mass is 10.2. The van der Waals surface area contributed by atoms with E-state index in [9.17, 15) is 4.79 Å². The summed E-state index contributed by atoms with van der Waals surface area (Å²) in [4.78, 5) is 18.2. The van der Waals surface area contributed by atoms with Gasteiger partial charge in [0.15, 0.2) is 0 Å². The summed E-state index contributed by atoms with van der Waals surface area (Å²) < 4.78 is 5.74. The Hall–Kier alpha value is -3.33. The van der Waals surface area contributed by atoms with Gasteiger partial charge >= 0.3 is 5.69 Å². The number of para-hydroxylation sites is 2. The third-order valence-electron chi connectivity index (χ3n) is 5.11. The number of unbranched alkanes of at least 4 members (excludes halogenated alkanes) is 2. The zero-order valence-corrected chi connectivity index (χ0v) is 18.0. The van der Waals surface area contributed by atoms with Gasteiger partial charge in [0.05, 0.1) is 23.6 Å². The van der Waals surface area contributed by atoms with Crippen LogP contribution in [0.3, 0.4) is 0 Å². The highest BCUT2D eigenvalue weighted by molar-refractivity contribution is 5.76. The minimum atomic E-state index is -0.0387. The molecule has 3 aromatic rings. The summed E-state index contributed by atoms with van der Waals surface area (Å²) in [5.41, 5.74) is 2.67. The van der Waals surface area contributed by atoms with E-state index in [2.05, 4.69) is 24.5 Å². The van der Waals surface area contributed by atoms with Crippen LogP contribution in [0.4, 0.5) is 0 Å². The lowest BCUT2D eigenvalue weighted by Crippen LogP contribution is -2.26. The van der Waals surface area contributed by atoms with Gasteiger partial charge in [-0.15, -0.1) is 0 Å². The molecule has 3 rings (SSSR count). The molecule has 0 saturated heterocycles. The van der Waals surface area contributed by atoms with Crippen LogP contribution in [0.1, 0.15) is 50.7 Å². The normalized spacial score (nSPS) is 10.9. The maximum absolute atomic E-state index is 13.3. The minimum Gasteiger partial charge on any atom is -0.332 e. The van der Waals surface area contributed by atoms with Crippen molar-refractivity contribution < 1.29 is 0 Å². The van der Waals surface area contributed by atoms with E-state index in [0.29, 0.717) is 19.5 Å². The van der Waals surface area contributed by atoms with Gasteiger partial charge in [0.2, 0.25) is 0 Å². The Morgan fingerprint density at radius 1 is 1.00 bits per heavy atom. The Kier molecular flexibility index (Phi) is 7.08. The fraction of sp³-hybridized carbons (Fsp3) is 0.375. The summed E-state index contributed by atoms with van der Waals surface area (Å²) in [6, 6.07) is 18.2. The molecule has 156 valence electrons. The highest BCUT2D eigenvalue weighted by Gasteiger charge is 2.15. The second-order valence-corrected chi connectivity index (χ2v) is 7.69. The Bertz CT molecular complexity index is 1160. The van der Waals surface area contributed by atoms with E-state index in [4.69, 9.17) is 10.2 Å². The van der Waals surface area contributed by atoms with E-state index in [-0.39, 0.29) is 11.7 Å². The summed E-state index contributed by atoms with van der Waals surface area (Å²) in [5.74, 6) is 0.827. The van der Waals surface area contributed by atoms with Gasteiger partial charge in [-0.05, 0) is 57.9 Å². The molecule has 0 aliphatic carbocycles. The van der Waals surface area contributed by atoms with E-state index in [1.165, 1.54) is 0 Å². The molecule has 2 aromatic heterocycles. The number of imidazole rings is 1. The van der Waals surface area contributed by atoms with Crippen molar-refractivity contribution in [2.75, 3.05) is 0 Å². The number of hydrogen-bond acceptors (Lipinski definition) is 3. The van der Waals surface area contributed by atoms with Crippen LogP contribution < -0.4 is 5.69 Å². The third kappa shape index (κ3) is 4.80. The molecule has 0 spiro atoms. The molecule has 0 atom stereocenters. The molecule has 0 aliphatic rings. The molecule has 30 heavy (non-hydrogen) atoms. The summed E-state index contributed by atoms with van der Waals surface area (Å²) >= 11 is 0. The molecule has 0 saturated carbocycles. The van der Waals surface area contributed by atoms with E-state index >= 15 is 0 Å². The molecule has 1 aromatic carbocycles. The standard InChI is InChI=1S/C24H29N5O/c1-19(2)27-16-10-4-6-12-20(3)26-23(27)18-29-22-14-8-7-13-21(22)28(24(29)30)17-11-5-9-15-25/h4,6-8,10,12-14,16,19H,5,9,11,17-18H2,1-3H3. The first-order valence-corrected chi connectivity index (χ1v) is 10.5. The summed E-state index contributed by atoms with van der Waals surface area (Å²) in [6.45, 7) is 7.19. The molecular formula is C24H29N5O.